The summed E-state index contributed by atoms with van der Waals surface area (Å²) >= 11 is 6.08. The minimum atomic E-state index is -0.395. The number of nitrogens with zero attached hydrogens (tertiary/aromatic N) is 1. The number of benzene rings is 2. The molecule has 1 fully saturated rings. The normalized spacial score (nSPS) is 16.8. The second kappa shape index (κ2) is 7.15. The van der Waals surface area contributed by atoms with Gasteiger partial charge in [-0.3, -0.25) is 9.59 Å². The van der Waals surface area contributed by atoms with Gasteiger partial charge in [0.1, 0.15) is 5.75 Å². The number of hydrogen-bond acceptors (Lipinski definition) is 3. The number of carbonyl (C=O) groups excluding carboxylic acids is 2. The molecule has 1 N–H and O–H groups in total. The van der Waals surface area contributed by atoms with Crippen LogP contribution in [-0.2, 0) is 9.59 Å². The average molecular weight is 359 g/mol. The Bertz CT molecular complexity index is 822. The molecule has 0 aromatic heterocycles. The number of anilines is 2. The molecule has 1 heterocycles. The van der Waals surface area contributed by atoms with E-state index in [1.807, 2.05) is 31.2 Å². The first-order chi connectivity index (χ1) is 12.0. The number of halogens is 1. The van der Waals surface area contributed by atoms with Crippen LogP contribution in [0, 0.1) is 12.8 Å². The van der Waals surface area contributed by atoms with Crippen LogP contribution in [0.5, 0.6) is 5.75 Å². The summed E-state index contributed by atoms with van der Waals surface area (Å²) in [6.45, 7) is 2.35. The van der Waals surface area contributed by atoms with Crippen LogP contribution >= 0.6 is 11.6 Å². The number of nitrogens with one attached hydrogen (secondary N) is 1. The van der Waals surface area contributed by atoms with E-state index in [4.69, 9.17) is 16.3 Å². The van der Waals surface area contributed by atoms with Gasteiger partial charge in [-0.1, -0.05) is 23.7 Å². The van der Waals surface area contributed by atoms with Gasteiger partial charge >= 0.3 is 0 Å². The molecular weight excluding hydrogens is 340 g/mol. The zero-order valence-corrected chi connectivity index (χ0v) is 14.8. The Morgan fingerprint density at radius 3 is 2.76 bits per heavy atom. The molecule has 0 spiro atoms. The van der Waals surface area contributed by atoms with Crippen LogP contribution in [0.2, 0.25) is 5.02 Å². The van der Waals surface area contributed by atoms with Crippen molar-refractivity contribution in [3.05, 3.63) is 53.1 Å². The summed E-state index contributed by atoms with van der Waals surface area (Å²) in [5.41, 5.74) is 2.48. The van der Waals surface area contributed by atoms with Crippen molar-refractivity contribution in [1.29, 1.82) is 0 Å². The first-order valence-corrected chi connectivity index (χ1v) is 8.37. The average Bonchev–Trinajstić information content (AvgIpc) is 2.97. The Morgan fingerprint density at radius 2 is 2.08 bits per heavy atom. The van der Waals surface area contributed by atoms with E-state index in [0.29, 0.717) is 23.0 Å². The van der Waals surface area contributed by atoms with Gasteiger partial charge in [0.25, 0.3) is 0 Å². The fourth-order valence-electron chi connectivity index (χ4n) is 2.92. The quantitative estimate of drug-likeness (QED) is 0.907. The largest absolute Gasteiger partial charge is 0.495 e. The predicted molar refractivity (Wildman–Crippen MR) is 98.3 cm³/mol. The van der Waals surface area contributed by atoms with Crippen LogP contribution in [0.15, 0.2) is 42.5 Å². The van der Waals surface area contributed by atoms with Crippen molar-refractivity contribution in [1.82, 2.24) is 0 Å². The number of aryl methyl sites for hydroxylation is 1. The lowest BCUT2D eigenvalue weighted by Gasteiger charge is -2.17. The van der Waals surface area contributed by atoms with Gasteiger partial charge in [0.15, 0.2) is 0 Å². The molecule has 1 aliphatic rings. The van der Waals surface area contributed by atoms with Crippen molar-refractivity contribution in [2.45, 2.75) is 13.3 Å². The van der Waals surface area contributed by atoms with Gasteiger partial charge in [0, 0.05) is 24.3 Å². The molecule has 2 aromatic rings. The first-order valence-electron chi connectivity index (χ1n) is 7.99. The van der Waals surface area contributed by atoms with Crippen LogP contribution in [0.25, 0.3) is 0 Å². The highest BCUT2D eigenvalue weighted by molar-refractivity contribution is 6.32. The number of hydrogen-bond donors (Lipinski definition) is 1. The van der Waals surface area contributed by atoms with Gasteiger partial charge in [0.05, 0.1) is 18.1 Å². The van der Waals surface area contributed by atoms with E-state index in [1.54, 1.807) is 23.1 Å². The van der Waals surface area contributed by atoms with E-state index < -0.39 is 5.92 Å². The summed E-state index contributed by atoms with van der Waals surface area (Å²) in [7, 11) is 1.53. The second-order valence-corrected chi connectivity index (χ2v) is 6.49. The van der Waals surface area contributed by atoms with Crippen LogP contribution in [0.4, 0.5) is 11.4 Å². The molecule has 5 nitrogen and oxygen atoms in total. The Hall–Kier alpha value is -2.53. The molecule has 0 aliphatic carbocycles. The molecule has 6 heteroatoms. The van der Waals surface area contributed by atoms with Crippen LogP contribution < -0.4 is 15.0 Å². The highest BCUT2D eigenvalue weighted by Gasteiger charge is 2.35. The molecular formula is C19H19ClN2O3. The van der Waals surface area contributed by atoms with Crippen molar-refractivity contribution in [2.24, 2.45) is 5.92 Å². The number of amides is 2. The van der Waals surface area contributed by atoms with Gasteiger partial charge < -0.3 is 15.0 Å². The SMILES string of the molecule is COc1ccc(NC(=O)C2CC(=O)N(c3cccc(C)c3)C2)cc1Cl. The molecule has 1 atom stereocenters. The summed E-state index contributed by atoms with van der Waals surface area (Å²) in [5, 5.41) is 3.24. The minimum absolute atomic E-state index is 0.0430. The Kier molecular flexibility index (Phi) is 4.95. The van der Waals surface area contributed by atoms with Crippen LogP contribution in [-0.4, -0.2) is 25.5 Å². The Balaban J connectivity index is 1.69. The molecule has 25 heavy (non-hydrogen) atoms. The molecule has 2 aromatic carbocycles. The molecule has 0 saturated carbocycles. The lowest BCUT2D eigenvalue weighted by Crippen LogP contribution is -2.28. The second-order valence-electron chi connectivity index (χ2n) is 6.08. The summed E-state index contributed by atoms with van der Waals surface area (Å²) in [6, 6.07) is 12.8. The molecule has 3 rings (SSSR count). The summed E-state index contributed by atoms with van der Waals surface area (Å²) in [6.07, 6.45) is 0.198. The van der Waals surface area contributed by atoms with E-state index in [0.717, 1.165) is 11.3 Å². The Labute approximate surface area is 151 Å². The summed E-state index contributed by atoms with van der Waals surface area (Å²) in [5.74, 6) is -0.0847. The van der Waals surface area contributed by atoms with Gasteiger partial charge in [0.2, 0.25) is 11.8 Å². The van der Waals surface area contributed by atoms with Crippen molar-refractivity contribution in [3.8, 4) is 5.75 Å². The van der Waals surface area contributed by atoms with Gasteiger partial charge in [-0.25, -0.2) is 0 Å². The maximum Gasteiger partial charge on any atom is 0.229 e. The third-order valence-corrected chi connectivity index (χ3v) is 4.52. The minimum Gasteiger partial charge on any atom is -0.495 e. The highest BCUT2D eigenvalue weighted by atomic mass is 35.5. The topological polar surface area (TPSA) is 58.6 Å². The maximum atomic E-state index is 12.5. The molecule has 0 bridgehead atoms. The van der Waals surface area contributed by atoms with Crippen molar-refractivity contribution in [2.75, 3.05) is 23.9 Å². The monoisotopic (exact) mass is 358 g/mol. The molecule has 1 unspecified atom stereocenters. The maximum absolute atomic E-state index is 12.5. The van der Waals surface area contributed by atoms with E-state index in [9.17, 15) is 9.59 Å². The van der Waals surface area contributed by atoms with E-state index >= 15 is 0 Å². The van der Waals surface area contributed by atoms with Crippen LogP contribution in [0.1, 0.15) is 12.0 Å². The number of ether oxygens (including phenoxy) is 1. The first kappa shape index (κ1) is 17.3. The summed E-state index contributed by atoms with van der Waals surface area (Å²) < 4.78 is 5.10. The fourth-order valence-corrected chi connectivity index (χ4v) is 3.17. The Morgan fingerprint density at radius 1 is 1.28 bits per heavy atom. The number of rotatable bonds is 4. The smallest absolute Gasteiger partial charge is 0.229 e. The molecule has 1 saturated heterocycles. The van der Waals surface area contributed by atoms with Crippen molar-refractivity contribution < 1.29 is 14.3 Å². The van der Waals surface area contributed by atoms with Gasteiger partial charge in [-0.2, -0.15) is 0 Å². The molecule has 0 radical (unpaired) electrons. The lowest BCUT2D eigenvalue weighted by atomic mass is 10.1. The van der Waals surface area contributed by atoms with Crippen LogP contribution in [0.3, 0.4) is 0 Å². The molecule has 2 amide bonds. The number of carbonyl (C=O) groups is 2. The van der Waals surface area contributed by atoms with Gasteiger partial charge in [-0.05, 0) is 42.8 Å². The highest BCUT2D eigenvalue weighted by Crippen LogP contribution is 2.29. The van der Waals surface area contributed by atoms with E-state index in [1.165, 1.54) is 7.11 Å². The van der Waals surface area contributed by atoms with Gasteiger partial charge in [-0.15, -0.1) is 0 Å². The van der Waals surface area contributed by atoms with E-state index in [2.05, 4.69) is 5.32 Å². The third-order valence-electron chi connectivity index (χ3n) is 4.23. The van der Waals surface area contributed by atoms with E-state index in [-0.39, 0.29) is 18.2 Å². The summed E-state index contributed by atoms with van der Waals surface area (Å²) in [4.78, 5) is 26.5. The lowest BCUT2D eigenvalue weighted by molar-refractivity contribution is -0.122. The fraction of sp³-hybridized carbons (Fsp3) is 0.263. The zero-order chi connectivity index (χ0) is 18.0. The molecule has 1 aliphatic heterocycles. The van der Waals surface area contributed by atoms with Crippen molar-refractivity contribution in [3.63, 3.8) is 0 Å². The third kappa shape index (κ3) is 3.77. The molecule has 130 valence electrons. The van der Waals surface area contributed by atoms with Crippen molar-refractivity contribution >= 4 is 34.8 Å². The predicted octanol–water partition coefficient (Wildman–Crippen LogP) is 3.65. The zero-order valence-electron chi connectivity index (χ0n) is 14.1. The number of methoxy groups -OCH3 is 1. The standard InChI is InChI=1S/C19H19ClN2O3/c1-12-4-3-5-15(8-12)22-11-13(9-18(22)23)19(24)21-14-6-7-17(25-2)16(20)10-14/h3-8,10,13H,9,11H2,1-2H3,(H,21,24).